The number of hydrazine groups is 1. The molecule has 0 spiro atoms. The standard InChI is InChI=1S/C42H35Cl2F3N4O6/c1-2-22-7-13-26(14-8-22)50-37(53)29-16-15-27-30(34(29)39(50)55)20-31-38(54)51(49-36-32(44)19-24(21-48-36)42(45,46)47)40(56)41(31,23-9-11-25(43)12-10-23)35(27)28-5-3-4-6-33(28)57-18-17-52/h3-15,19,21,29-31,34-35,52H,2,16-18,20H2,1H3,(H,48,49)/t29-,30+,31-,34-,35+,41+/m0/s1. The van der Waals surface area contributed by atoms with Gasteiger partial charge in [-0.05, 0) is 72.7 Å². The second-order valence-corrected chi connectivity index (χ2v) is 15.4. The summed E-state index contributed by atoms with van der Waals surface area (Å²) in [6.45, 7) is 1.59. The molecule has 10 nitrogen and oxygen atoms in total. The lowest BCUT2D eigenvalue weighted by Crippen LogP contribution is -2.53. The van der Waals surface area contributed by atoms with Crippen molar-refractivity contribution in [1.29, 1.82) is 0 Å². The Hall–Kier alpha value is -5.24. The summed E-state index contributed by atoms with van der Waals surface area (Å²) >= 11 is 12.7. The summed E-state index contributed by atoms with van der Waals surface area (Å²) in [6, 6.07) is 21.3. The lowest BCUT2D eigenvalue weighted by Gasteiger charge is -2.50. The van der Waals surface area contributed by atoms with E-state index in [0.717, 1.165) is 17.0 Å². The largest absolute Gasteiger partial charge is 0.491 e. The van der Waals surface area contributed by atoms with Crippen LogP contribution in [0.3, 0.4) is 0 Å². The molecule has 0 unspecified atom stereocenters. The number of carbonyl (C=O) groups excluding carboxylic acids is 4. The zero-order valence-corrected chi connectivity index (χ0v) is 31.8. The molecule has 4 amide bonds. The number of rotatable bonds is 9. The number of allylic oxidation sites excluding steroid dienone is 2. The van der Waals surface area contributed by atoms with Crippen LogP contribution in [0.1, 0.15) is 47.9 Å². The molecule has 3 heterocycles. The second kappa shape index (κ2) is 14.6. The van der Waals surface area contributed by atoms with Gasteiger partial charge in [-0.2, -0.15) is 18.2 Å². The molecule has 57 heavy (non-hydrogen) atoms. The molecule has 1 aromatic heterocycles. The van der Waals surface area contributed by atoms with Crippen LogP contribution in [0.4, 0.5) is 24.7 Å². The van der Waals surface area contributed by atoms with Crippen molar-refractivity contribution < 1.29 is 42.2 Å². The molecular formula is C42H35Cl2F3N4O6. The fourth-order valence-corrected chi connectivity index (χ4v) is 9.60. The third-order valence-electron chi connectivity index (χ3n) is 11.7. The van der Waals surface area contributed by atoms with E-state index >= 15 is 4.79 Å². The number of ether oxygens (including phenoxy) is 1. The molecule has 4 aliphatic rings. The summed E-state index contributed by atoms with van der Waals surface area (Å²) in [7, 11) is 0. The molecule has 4 aromatic rings. The number of aryl methyl sites for hydroxylation is 1. The van der Waals surface area contributed by atoms with E-state index < -0.39 is 69.5 Å². The molecule has 6 atom stereocenters. The normalized spacial score (nSPS) is 25.6. The number of alkyl halides is 3. The predicted octanol–water partition coefficient (Wildman–Crippen LogP) is 7.53. The predicted molar refractivity (Wildman–Crippen MR) is 204 cm³/mol. The zero-order valence-electron chi connectivity index (χ0n) is 30.3. The van der Waals surface area contributed by atoms with Crippen LogP contribution in [0.15, 0.2) is 96.7 Å². The number of hydrogen-bond acceptors (Lipinski definition) is 8. The number of nitrogens with zero attached hydrogens (tertiary/aromatic N) is 3. The van der Waals surface area contributed by atoms with Crippen molar-refractivity contribution in [2.24, 2.45) is 23.7 Å². The van der Waals surface area contributed by atoms with Gasteiger partial charge in [0.15, 0.2) is 5.82 Å². The minimum Gasteiger partial charge on any atom is -0.491 e. The van der Waals surface area contributed by atoms with Gasteiger partial charge in [0, 0.05) is 22.7 Å². The molecule has 2 aliphatic carbocycles. The number of amides is 4. The van der Waals surface area contributed by atoms with Gasteiger partial charge in [-0.1, -0.05) is 84.2 Å². The van der Waals surface area contributed by atoms with E-state index in [-0.39, 0.29) is 37.8 Å². The zero-order chi connectivity index (χ0) is 40.4. The van der Waals surface area contributed by atoms with E-state index in [1.54, 1.807) is 60.7 Å². The number of carbonyl (C=O) groups is 4. The van der Waals surface area contributed by atoms with Crippen LogP contribution in [-0.2, 0) is 37.2 Å². The Balaban J connectivity index is 1.31. The van der Waals surface area contributed by atoms with Crippen LogP contribution >= 0.6 is 23.2 Å². The topological polar surface area (TPSA) is 129 Å². The molecule has 1 saturated carbocycles. The van der Waals surface area contributed by atoms with Crippen molar-refractivity contribution in [3.63, 3.8) is 0 Å². The van der Waals surface area contributed by atoms with Crippen LogP contribution in [-0.4, -0.2) is 51.9 Å². The fourth-order valence-electron chi connectivity index (χ4n) is 9.27. The van der Waals surface area contributed by atoms with Crippen molar-refractivity contribution in [3.05, 3.63) is 129 Å². The van der Waals surface area contributed by atoms with E-state index in [4.69, 9.17) is 27.9 Å². The quantitative estimate of drug-likeness (QED) is 0.131. The van der Waals surface area contributed by atoms with Crippen LogP contribution < -0.4 is 15.1 Å². The first kappa shape index (κ1) is 38.6. The maximum absolute atomic E-state index is 15.4. The van der Waals surface area contributed by atoms with Gasteiger partial charge in [0.2, 0.25) is 11.8 Å². The summed E-state index contributed by atoms with van der Waals surface area (Å²) in [5.74, 6) is -6.82. The molecule has 294 valence electrons. The number of aliphatic hydroxyl groups is 1. The molecule has 2 N–H and O–H groups in total. The van der Waals surface area contributed by atoms with Gasteiger partial charge >= 0.3 is 6.18 Å². The minimum absolute atomic E-state index is 0.0374. The molecule has 0 bridgehead atoms. The van der Waals surface area contributed by atoms with Crippen LogP contribution in [0.2, 0.25) is 10.0 Å². The number of aliphatic hydroxyl groups excluding tert-OH is 1. The first-order valence-electron chi connectivity index (χ1n) is 18.4. The van der Waals surface area contributed by atoms with Crippen molar-refractivity contribution >= 4 is 58.3 Å². The van der Waals surface area contributed by atoms with Crippen LogP contribution in [0.5, 0.6) is 5.75 Å². The van der Waals surface area contributed by atoms with Gasteiger partial charge in [0.25, 0.3) is 11.8 Å². The maximum atomic E-state index is 15.4. The van der Waals surface area contributed by atoms with Crippen LogP contribution in [0.25, 0.3) is 0 Å². The number of aromatic nitrogens is 1. The number of pyridine rings is 1. The Kier molecular flexibility index (Phi) is 9.90. The first-order chi connectivity index (χ1) is 27.3. The highest BCUT2D eigenvalue weighted by Crippen LogP contribution is 2.65. The van der Waals surface area contributed by atoms with E-state index in [1.165, 1.54) is 4.90 Å². The fraction of sp³-hybridized carbons (Fsp3) is 0.310. The highest BCUT2D eigenvalue weighted by atomic mass is 35.5. The number of halogens is 5. The molecule has 15 heteroatoms. The van der Waals surface area contributed by atoms with Gasteiger partial charge in [-0.3, -0.25) is 29.5 Å². The number of para-hydroxylation sites is 1. The van der Waals surface area contributed by atoms with E-state index in [0.29, 0.717) is 45.4 Å². The van der Waals surface area contributed by atoms with Gasteiger partial charge in [-0.15, -0.1) is 0 Å². The number of imide groups is 2. The summed E-state index contributed by atoms with van der Waals surface area (Å²) < 4.78 is 46.6. The third-order valence-corrected chi connectivity index (χ3v) is 12.3. The maximum Gasteiger partial charge on any atom is 0.417 e. The summed E-state index contributed by atoms with van der Waals surface area (Å²) in [4.78, 5) is 64.2. The van der Waals surface area contributed by atoms with Crippen LogP contribution in [0, 0.1) is 23.7 Å². The van der Waals surface area contributed by atoms with Crippen molar-refractivity contribution in [2.45, 2.75) is 43.7 Å². The van der Waals surface area contributed by atoms with Crippen molar-refractivity contribution in [2.75, 3.05) is 23.5 Å². The molecule has 8 rings (SSSR count). The van der Waals surface area contributed by atoms with Gasteiger partial charge in [0.1, 0.15) is 12.4 Å². The van der Waals surface area contributed by atoms with Crippen molar-refractivity contribution in [3.8, 4) is 5.75 Å². The Morgan fingerprint density at radius 1 is 0.947 bits per heavy atom. The summed E-state index contributed by atoms with van der Waals surface area (Å²) in [5.41, 5.74) is 2.77. The lowest BCUT2D eigenvalue weighted by atomic mass is 9.49. The molecule has 3 aromatic carbocycles. The smallest absolute Gasteiger partial charge is 0.417 e. The summed E-state index contributed by atoms with van der Waals surface area (Å²) in [5, 5.41) is 10.4. The number of benzene rings is 3. The molecule has 2 aliphatic heterocycles. The SMILES string of the molecule is CCc1ccc(N2C(=O)[C@H]3[C@H](CC=C4[C@H]3C[C@H]3C(=O)N(Nc5ncc(C(F)(F)F)cc5Cl)C(=O)[C@@]3(c3ccc(Cl)cc3)[C@H]4c3ccccc3OCCO)C2=O)cc1. The monoisotopic (exact) mass is 818 g/mol. The highest BCUT2D eigenvalue weighted by Gasteiger charge is 2.70. The molecular weight excluding hydrogens is 784 g/mol. The Morgan fingerprint density at radius 3 is 2.33 bits per heavy atom. The van der Waals surface area contributed by atoms with Gasteiger partial charge in [0.05, 0.1) is 46.0 Å². The van der Waals surface area contributed by atoms with Gasteiger partial charge in [-0.25, -0.2) is 4.98 Å². The third kappa shape index (κ3) is 6.18. The second-order valence-electron chi connectivity index (χ2n) is 14.6. The molecule has 0 radical (unpaired) electrons. The minimum atomic E-state index is -4.75. The number of nitrogens with one attached hydrogen (secondary N) is 1. The van der Waals surface area contributed by atoms with E-state index in [1.807, 2.05) is 25.1 Å². The van der Waals surface area contributed by atoms with Crippen molar-refractivity contribution in [1.82, 2.24) is 9.99 Å². The van der Waals surface area contributed by atoms with Gasteiger partial charge < -0.3 is 9.84 Å². The molecule has 3 fully saturated rings. The molecule has 2 saturated heterocycles. The number of hydrogen-bond donors (Lipinski definition) is 2. The Labute approximate surface area is 335 Å². The average Bonchev–Trinajstić information content (AvgIpc) is 3.58. The highest BCUT2D eigenvalue weighted by molar-refractivity contribution is 6.33. The first-order valence-corrected chi connectivity index (χ1v) is 19.2. The number of fused-ring (bicyclic) bond motifs is 4. The Bertz CT molecular complexity index is 2320. The number of anilines is 2. The average molecular weight is 820 g/mol. The Morgan fingerprint density at radius 2 is 1.67 bits per heavy atom. The van der Waals surface area contributed by atoms with E-state index in [9.17, 15) is 32.7 Å². The summed E-state index contributed by atoms with van der Waals surface area (Å²) in [6.07, 6.45) is -1.41. The van der Waals surface area contributed by atoms with E-state index in [2.05, 4.69) is 10.4 Å². The lowest BCUT2D eigenvalue weighted by molar-refractivity contribution is -0.139.